The van der Waals surface area contributed by atoms with Crippen molar-refractivity contribution in [1.82, 2.24) is 5.32 Å². The molecule has 0 aromatic carbocycles. The monoisotopic (exact) mass is 293 g/mol. The van der Waals surface area contributed by atoms with Crippen LogP contribution in [0.1, 0.15) is 27.7 Å². The maximum atomic E-state index is 11.5. The summed E-state index contributed by atoms with van der Waals surface area (Å²) in [5.41, 5.74) is -0.489. The summed E-state index contributed by atoms with van der Waals surface area (Å²) < 4.78 is 21.2. The van der Waals surface area contributed by atoms with E-state index in [0.29, 0.717) is 12.6 Å². The molecular formula is C12H27NO5Si. The van der Waals surface area contributed by atoms with Gasteiger partial charge in [0.05, 0.1) is 0 Å². The van der Waals surface area contributed by atoms with E-state index in [1.165, 1.54) is 0 Å². The van der Waals surface area contributed by atoms with Gasteiger partial charge in [-0.1, -0.05) is 6.92 Å². The van der Waals surface area contributed by atoms with Crippen LogP contribution in [0.3, 0.4) is 0 Å². The topological polar surface area (TPSA) is 66.0 Å². The first-order valence-corrected chi connectivity index (χ1v) is 8.23. The van der Waals surface area contributed by atoms with Crippen LogP contribution in [0.25, 0.3) is 0 Å². The Morgan fingerprint density at radius 3 is 2.00 bits per heavy atom. The minimum Gasteiger partial charge on any atom is -0.444 e. The van der Waals surface area contributed by atoms with Gasteiger partial charge in [0, 0.05) is 33.9 Å². The zero-order valence-electron chi connectivity index (χ0n) is 13.0. The molecule has 0 spiro atoms. The van der Waals surface area contributed by atoms with Gasteiger partial charge < -0.3 is 23.3 Å². The summed E-state index contributed by atoms with van der Waals surface area (Å²) in [5, 5.41) is 2.73. The molecule has 0 aromatic heterocycles. The van der Waals surface area contributed by atoms with Gasteiger partial charge in [-0.2, -0.15) is 0 Å². The molecule has 0 heterocycles. The van der Waals surface area contributed by atoms with Gasteiger partial charge in [-0.05, 0) is 26.7 Å². The third-order valence-electron chi connectivity index (χ3n) is 2.53. The van der Waals surface area contributed by atoms with E-state index in [9.17, 15) is 4.79 Å². The van der Waals surface area contributed by atoms with Crippen molar-refractivity contribution in [3.63, 3.8) is 0 Å². The highest BCUT2D eigenvalue weighted by Crippen LogP contribution is 2.18. The SMILES string of the molecule is CO[Si](CC(C)CNC(=O)OC(C)(C)C)(OC)OC. The molecule has 0 aliphatic rings. The summed E-state index contributed by atoms with van der Waals surface area (Å²) in [5.74, 6) is 0.166. The Morgan fingerprint density at radius 1 is 1.16 bits per heavy atom. The zero-order chi connectivity index (χ0) is 15.1. The molecule has 0 aliphatic heterocycles. The van der Waals surface area contributed by atoms with E-state index in [4.69, 9.17) is 18.0 Å². The molecule has 0 aromatic rings. The molecule has 7 heteroatoms. The molecule has 1 N–H and O–H groups in total. The molecule has 0 fully saturated rings. The molecule has 0 saturated carbocycles. The Kier molecular flexibility index (Phi) is 7.57. The largest absolute Gasteiger partial charge is 0.500 e. The normalized spacial score (nSPS) is 14.1. The Labute approximate surface area is 117 Å². The summed E-state index contributed by atoms with van der Waals surface area (Å²) in [7, 11) is 2.14. The molecule has 6 nitrogen and oxygen atoms in total. The number of hydrogen-bond donors (Lipinski definition) is 1. The molecule has 114 valence electrons. The van der Waals surface area contributed by atoms with Crippen LogP contribution in [0, 0.1) is 5.92 Å². The fourth-order valence-corrected chi connectivity index (χ4v) is 3.57. The van der Waals surface area contributed by atoms with E-state index < -0.39 is 20.5 Å². The van der Waals surface area contributed by atoms with Gasteiger partial charge in [-0.3, -0.25) is 0 Å². The number of alkyl carbamates (subject to hydrolysis) is 1. The van der Waals surface area contributed by atoms with Gasteiger partial charge in [0.2, 0.25) is 0 Å². The van der Waals surface area contributed by atoms with E-state index in [-0.39, 0.29) is 5.92 Å². The number of amides is 1. The van der Waals surface area contributed by atoms with Crippen molar-refractivity contribution >= 4 is 14.9 Å². The van der Waals surface area contributed by atoms with Gasteiger partial charge in [-0.25, -0.2) is 4.79 Å². The first-order chi connectivity index (χ1) is 8.68. The van der Waals surface area contributed by atoms with Crippen molar-refractivity contribution in [2.24, 2.45) is 5.92 Å². The summed E-state index contributed by atoms with van der Waals surface area (Å²) in [6, 6.07) is 0.631. The van der Waals surface area contributed by atoms with E-state index in [1.807, 2.05) is 27.7 Å². The molecular weight excluding hydrogens is 266 g/mol. The van der Waals surface area contributed by atoms with Gasteiger partial charge >= 0.3 is 14.9 Å². The highest BCUT2D eigenvalue weighted by atomic mass is 28.4. The molecule has 19 heavy (non-hydrogen) atoms. The highest BCUT2D eigenvalue weighted by Gasteiger charge is 2.39. The van der Waals surface area contributed by atoms with Crippen molar-refractivity contribution < 1.29 is 22.8 Å². The van der Waals surface area contributed by atoms with Gasteiger partial charge in [-0.15, -0.1) is 0 Å². The molecule has 1 amide bonds. The van der Waals surface area contributed by atoms with Crippen molar-refractivity contribution in [2.45, 2.75) is 39.3 Å². The molecule has 0 radical (unpaired) electrons. The summed E-state index contributed by atoms with van der Waals surface area (Å²) >= 11 is 0. The molecule has 0 rings (SSSR count). The van der Waals surface area contributed by atoms with Crippen LogP contribution in [0.4, 0.5) is 4.79 Å². The Balaban J connectivity index is 4.18. The van der Waals surface area contributed by atoms with E-state index >= 15 is 0 Å². The first-order valence-electron chi connectivity index (χ1n) is 6.30. The van der Waals surface area contributed by atoms with E-state index in [1.54, 1.807) is 21.3 Å². The van der Waals surface area contributed by atoms with Gasteiger partial charge in [0.1, 0.15) is 5.60 Å². The number of nitrogens with one attached hydrogen (secondary N) is 1. The molecule has 0 saturated heterocycles. The average molecular weight is 293 g/mol. The lowest BCUT2D eigenvalue weighted by molar-refractivity contribution is 0.0517. The number of carbonyl (C=O) groups excluding carboxylic acids is 1. The minimum absolute atomic E-state index is 0.166. The quantitative estimate of drug-likeness (QED) is 0.728. The Bertz CT molecular complexity index is 268. The van der Waals surface area contributed by atoms with E-state index in [2.05, 4.69) is 5.32 Å². The predicted octanol–water partition coefficient (Wildman–Crippen LogP) is 2.03. The standard InChI is InChI=1S/C12H27NO5Si/c1-10(9-19(15-5,16-6)17-7)8-13-11(14)18-12(2,3)4/h10H,8-9H2,1-7H3,(H,13,14). The Morgan fingerprint density at radius 2 is 1.63 bits per heavy atom. The number of hydrogen-bond acceptors (Lipinski definition) is 5. The first kappa shape index (κ1) is 18.4. The lowest BCUT2D eigenvalue weighted by atomic mass is 10.2. The lowest BCUT2D eigenvalue weighted by Gasteiger charge is -2.27. The maximum Gasteiger partial charge on any atom is 0.500 e. The minimum atomic E-state index is -2.59. The van der Waals surface area contributed by atoms with Crippen molar-refractivity contribution in [3.05, 3.63) is 0 Å². The van der Waals surface area contributed by atoms with Crippen LogP contribution in [0.15, 0.2) is 0 Å². The van der Waals surface area contributed by atoms with Gasteiger partial charge in [0.15, 0.2) is 0 Å². The molecule has 1 unspecified atom stereocenters. The van der Waals surface area contributed by atoms with Crippen LogP contribution >= 0.6 is 0 Å². The maximum absolute atomic E-state index is 11.5. The third-order valence-corrected chi connectivity index (χ3v) is 5.59. The smallest absolute Gasteiger partial charge is 0.444 e. The summed E-state index contributed by atoms with van der Waals surface area (Å²) in [6.45, 7) is 7.97. The van der Waals surface area contributed by atoms with Gasteiger partial charge in [0.25, 0.3) is 0 Å². The molecule has 0 bridgehead atoms. The average Bonchev–Trinajstić information content (AvgIpc) is 2.31. The van der Waals surface area contributed by atoms with Crippen LogP contribution in [0.5, 0.6) is 0 Å². The second-order valence-electron chi connectivity index (χ2n) is 5.49. The number of rotatable bonds is 7. The number of carbonyl (C=O) groups is 1. The molecule has 1 atom stereocenters. The Hall–Kier alpha value is -0.633. The lowest BCUT2D eigenvalue weighted by Crippen LogP contribution is -2.45. The van der Waals surface area contributed by atoms with E-state index in [0.717, 1.165) is 0 Å². The fourth-order valence-electron chi connectivity index (χ4n) is 1.57. The fraction of sp³-hybridized carbons (Fsp3) is 0.917. The van der Waals surface area contributed by atoms with Crippen LogP contribution < -0.4 is 5.32 Å². The second-order valence-corrected chi connectivity index (χ2v) is 8.49. The summed E-state index contributed by atoms with van der Waals surface area (Å²) in [4.78, 5) is 11.5. The van der Waals surface area contributed by atoms with Crippen molar-refractivity contribution in [3.8, 4) is 0 Å². The van der Waals surface area contributed by atoms with Crippen LogP contribution in [-0.2, 0) is 18.0 Å². The summed E-state index contributed by atoms with van der Waals surface area (Å²) in [6.07, 6.45) is -0.418. The predicted molar refractivity (Wildman–Crippen MR) is 75.0 cm³/mol. The number of ether oxygens (including phenoxy) is 1. The van der Waals surface area contributed by atoms with Crippen molar-refractivity contribution in [1.29, 1.82) is 0 Å². The van der Waals surface area contributed by atoms with Crippen LogP contribution in [-0.4, -0.2) is 48.4 Å². The zero-order valence-corrected chi connectivity index (χ0v) is 14.0. The highest BCUT2D eigenvalue weighted by molar-refractivity contribution is 6.60. The van der Waals surface area contributed by atoms with Crippen LogP contribution in [0.2, 0.25) is 6.04 Å². The third kappa shape index (κ3) is 7.51. The molecule has 0 aliphatic carbocycles. The van der Waals surface area contributed by atoms with Crippen molar-refractivity contribution in [2.75, 3.05) is 27.9 Å². The second kappa shape index (κ2) is 7.84.